The summed E-state index contributed by atoms with van der Waals surface area (Å²) in [6, 6.07) is 0. The Morgan fingerprint density at radius 2 is 1.93 bits per heavy atom. The molecule has 0 aromatic rings. The fraction of sp³-hybridized carbons (Fsp3) is 1.00. The highest BCUT2D eigenvalue weighted by atomic mass is 16.3. The van der Waals surface area contributed by atoms with Crippen LogP contribution < -0.4 is 5.32 Å². The Kier molecular flexibility index (Phi) is 7.20. The van der Waals surface area contributed by atoms with Crippen molar-refractivity contribution in [3.05, 3.63) is 0 Å². The molecule has 1 unspecified atom stereocenters. The van der Waals surface area contributed by atoms with Crippen molar-refractivity contribution < 1.29 is 5.11 Å². The van der Waals surface area contributed by atoms with E-state index in [-0.39, 0.29) is 0 Å². The van der Waals surface area contributed by atoms with E-state index in [1.807, 2.05) is 6.92 Å². The molecule has 2 nitrogen and oxygen atoms in total. The predicted molar refractivity (Wildman–Crippen MR) is 62.5 cm³/mol. The number of hydrogen-bond acceptors (Lipinski definition) is 2. The molecule has 14 heavy (non-hydrogen) atoms. The van der Waals surface area contributed by atoms with Gasteiger partial charge in [0.15, 0.2) is 0 Å². The number of hydrogen-bond donors (Lipinski definition) is 2. The van der Waals surface area contributed by atoms with Gasteiger partial charge in [-0.15, -0.1) is 0 Å². The van der Waals surface area contributed by atoms with Gasteiger partial charge in [0.1, 0.15) is 0 Å². The van der Waals surface area contributed by atoms with E-state index in [0.29, 0.717) is 5.92 Å². The summed E-state index contributed by atoms with van der Waals surface area (Å²) >= 11 is 0. The van der Waals surface area contributed by atoms with Gasteiger partial charge < -0.3 is 10.4 Å². The minimum Gasteiger partial charge on any atom is -0.389 e. The molecule has 0 saturated carbocycles. The second-order valence-corrected chi connectivity index (χ2v) is 4.98. The fourth-order valence-corrected chi connectivity index (χ4v) is 1.47. The molecule has 0 radical (unpaired) electrons. The lowest BCUT2D eigenvalue weighted by atomic mass is 9.98. The van der Waals surface area contributed by atoms with Crippen LogP contribution in [0.3, 0.4) is 0 Å². The highest BCUT2D eigenvalue weighted by Crippen LogP contribution is 2.13. The average Bonchev–Trinajstić information content (AvgIpc) is 2.03. The Morgan fingerprint density at radius 3 is 2.43 bits per heavy atom. The zero-order chi connectivity index (χ0) is 11.0. The van der Waals surface area contributed by atoms with Crippen molar-refractivity contribution in [2.45, 2.75) is 59.0 Å². The van der Waals surface area contributed by atoms with Crippen LogP contribution in [0.15, 0.2) is 0 Å². The fourth-order valence-electron chi connectivity index (χ4n) is 1.47. The van der Waals surface area contributed by atoms with E-state index < -0.39 is 5.60 Å². The molecule has 0 aliphatic heterocycles. The number of nitrogens with one attached hydrogen (secondary N) is 1. The van der Waals surface area contributed by atoms with Gasteiger partial charge in [-0.1, -0.05) is 40.0 Å². The highest BCUT2D eigenvalue weighted by Gasteiger charge is 2.18. The summed E-state index contributed by atoms with van der Waals surface area (Å²) in [5, 5.41) is 13.3. The van der Waals surface area contributed by atoms with Crippen LogP contribution in [0.4, 0.5) is 0 Å². The summed E-state index contributed by atoms with van der Waals surface area (Å²) in [6.45, 7) is 10.2. The van der Waals surface area contributed by atoms with Crippen LogP contribution in [-0.2, 0) is 0 Å². The molecule has 0 heterocycles. The van der Waals surface area contributed by atoms with E-state index >= 15 is 0 Å². The summed E-state index contributed by atoms with van der Waals surface area (Å²) in [4.78, 5) is 0. The van der Waals surface area contributed by atoms with Gasteiger partial charge in [-0.25, -0.2) is 0 Å². The molecule has 2 heteroatoms. The van der Waals surface area contributed by atoms with Crippen LogP contribution in [0.2, 0.25) is 0 Å². The van der Waals surface area contributed by atoms with Crippen LogP contribution in [0, 0.1) is 5.92 Å². The monoisotopic (exact) mass is 201 g/mol. The first-order chi connectivity index (χ1) is 6.48. The third-order valence-corrected chi connectivity index (χ3v) is 2.38. The first-order valence-corrected chi connectivity index (χ1v) is 5.91. The molecule has 0 fully saturated rings. The molecule has 0 aliphatic carbocycles. The Balaban J connectivity index is 3.50. The number of aliphatic hydroxyl groups is 1. The molecule has 1 atom stereocenters. The largest absolute Gasteiger partial charge is 0.389 e. The summed E-state index contributed by atoms with van der Waals surface area (Å²) < 4.78 is 0. The lowest BCUT2D eigenvalue weighted by Gasteiger charge is -2.24. The first-order valence-electron chi connectivity index (χ1n) is 5.91. The van der Waals surface area contributed by atoms with Gasteiger partial charge in [-0.2, -0.15) is 0 Å². The van der Waals surface area contributed by atoms with Crippen molar-refractivity contribution >= 4 is 0 Å². The predicted octanol–water partition coefficient (Wildman–Crippen LogP) is 2.56. The molecule has 0 amide bonds. The van der Waals surface area contributed by atoms with Crippen molar-refractivity contribution in [3.63, 3.8) is 0 Å². The van der Waals surface area contributed by atoms with E-state index in [1.54, 1.807) is 0 Å². The summed E-state index contributed by atoms with van der Waals surface area (Å²) in [6.07, 6.45) is 4.48. The summed E-state index contributed by atoms with van der Waals surface area (Å²) in [7, 11) is 0. The first kappa shape index (κ1) is 13.9. The second-order valence-electron chi connectivity index (χ2n) is 4.98. The van der Waals surface area contributed by atoms with Crippen molar-refractivity contribution in [2.75, 3.05) is 13.1 Å². The Morgan fingerprint density at radius 1 is 1.29 bits per heavy atom. The lowest BCUT2D eigenvalue weighted by molar-refractivity contribution is 0.0477. The third kappa shape index (κ3) is 8.52. The van der Waals surface area contributed by atoms with Gasteiger partial charge in [0.2, 0.25) is 0 Å². The van der Waals surface area contributed by atoms with E-state index in [0.717, 1.165) is 25.9 Å². The Hall–Kier alpha value is -0.0800. The standard InChI is InChI=1S/C12H27NO/c1-5-6-7-8-12(4,14)10-13-9-11(2)3/h11,13-14H,5-10H2,1-4H3. The van der Waals surface area contributed by atoms with Crippen LogP contribution in [-0.4, -0.2) is 23.8 Å². The molecular formula is C12H27NO. The van der Waals surface area contributed by atoms with E-state index in [9.17, 15) is 5.11 Å². The normalized spacial score (nSPS) is 15.9. The Bertz CT molecular complexity index is 132. The van der Waals surface area contributed by atoms with Crippen molar-refractivity contribution in [2.24, 2.45) is 5.92 Å². The van der Waals surface area contributed by atoms with E-state index in [4.69, 9.17) is 0 Å². The minimum atomic E-state index is -0.524. The van der Waals surface area contributed by atoms with Crippen molar-refractivity contribution in [1.29, 1.82) is 0 Å². The molecule has 0 aromatic carbocycles. The van der Waals surface area contributed by atoms with Gasteiger partial charge in [0.25, 0.3) is 0 Å². The topological polar surface area (TPSA) is 32.3 Å². The number of rotatable bonds is 8. The maximum Gasteiger partial charge on any atom is 0.0743 e. The quantitative estimate of drug-likeness (QED) is 0.592. The zero-order valence-corrected chi connectivity index (χ0v) is 10.3. The summed E-state index contributed by atoms with van der Waals surface area (Å²) in [5.41, 5.74) is -0.524. The molecule has 0 bridgehead atoms. The van der Waals surface area contributed by atoms with Gasteiger partial charge in [-0.05, 0) is 25.8 Å². The smallest absolute Gasteiger partial charge is 0.0743 e. The van der Waals surface area contributed by atoms with Crippen molar-refractivity contribution in [1.82, 2.24) is 5.32 Å². The average molecular weight is 201 g/mol. The number of unbranched alkanes of at least 4 members (excludes halogenated alkanes) is 2. The Labute approximate surface area is 89.1 Å². The minimum absolute atomic E-state index is 0.524. The molecule has 0 rings (SSSR count). The molecular weight excluding hydrogens is 174 g/mol. The SMILES string of the molecule is CCCCCC(C)(O)CNCC(C)C. The van der Waals surface area contributed by atoms with Crippen LogP contribution in [0.25, 0.3) is 0 Å². The van der Waals surface area contributed by atoms with Crippen LogP contribution in [0.5, 0.6) is 0 Å². The van der Waals surface area contributed by atoms with Gasteiger partial charge in [0, 0.05) is 6.54 Å². The molecule has 0 aromatic heterocycles. The van der Waals surface area contributed by atoms with E-state index in [1.165, 1.54) is 12.8 Å². The molecule has 0 aliphatic rings. The summed E-state index contributed by atoms with van der Waals surface area (Å²) in [5.74, 6) is 0.654. The molecule has 2 N–H and O–H groups in total. The third-order valence-electron chi connectivity index (χ3n) is 2.38. The van der Waals surface area contributed by atoms with Gasteiger partial charge >= 0.3 is 0 Å². The maximum atomic E-state index is 9.99. The van der Waals surface area contributed by atoms with E-state index in [2.05, 4.69) is 26.1 Å². The lowest BCUT2D eigenvalue weighted by Crippen LogP contribution is -2.39. The zero-order valence-electron chi connectivity index (χ0n) is 10.3. The van der Waals surface area contributed by atoms with Crippen molar-refractivity contribution in [3.8, 4) is 0 Å². The molecule has 86 valence electrons. The second kappa shape index (κ2) is 7.24. The van der Waals surface area contributed by atoms with Gasteiger partial charge in [-0.3, -0.25) is 0 Å². The maximum absolute atomic E-state index is 9.99. The molecule has 0 saturated heterocycles. The van der Waals surface area contributed by atoms with Gasteiger partial charge in [0.05, 0.1) is 5.60 Å². The van der Waals surface area contributed by atoms with Crippen LogP contribution >= 0.6 is 0 Å². The van der Waals surface area contributed by atoms with Crippen LogP contribution in [0.1, 0.15) is 53.4 Å². The molecule has 0 spiro atoms. The highest BCUT2D eigenvalue weighted by molar-refractivity contribution is 4.75.